The van der Waals surface area contributed by atoms with Gasteiger partial charge in [0.2, 0.25) is 11.5 Å². The standard InChI is InChI=1S/C27H29N3O7/c1-32-20-11-16(12-21(33-2)24(20)36-5)15-28-30-26(29-19-10-8-7-9-18(19)27(30)31)17-13-22(34-3)25(37-6)23(14-17)35-4/h7-15,26,29H,1-6H3/b28-15+. The first-order chi connectivity index (χ1) is 18.0. The summed E-state index contributed by atoms with van der Waals surface area (Å²) in [5, 5.41) is 9.35. The molecule has 3 aromatic rings. The van der Waals surface area contributed by atoms with E-state index in [0.29, 0.717) is 56.9 Å². The largest absolute Gasteiger partial charge is 0.493 e. The molecule has 1 amide bonds. The topological polar surface area (TPSA) is 100 Å². The van der Waals surface area contributed by atoms with Crippen LogP contribution in [0, 0.1) is 0 Å². The first-order valence-corrected chi connectivity index (χ1v) is 11.3. The van der Waals surface area contributed by atoms with Gasteiger partial charge in [0.15, 0.2) is 29.2 Å². The number of carbonyl (C=O) groups is 1. The zero-order chi connectivity index (χ0) is 26.5. The van der Waals surface area contributed by atoms with Crippen molar-refractivity contribution < 1.29 is 33.2 Å². The highest BCUT2D eigenvalue weighted by molar-refractivity contribution is 6.02. The maximum atomic E-state index is 13.6. The molecule has 0 bridgehead atoms. The Kier molecular flexibility index (Phi) is 7.57. The number of amides is 1. The van der Waals surface area contributed by atoms with Crippen LogP contribution in [0.25, 0.3) is 0 Å². The molecule has 3 aromatic carbocycles. The molecule has 0 fully saturated rings. The monoisotopic (exact) mass is 507 g/mol. The van der Waals surface area contributed by atoms with Crippen LogP contribution in [0.2, 0.25) is 0 Å². The minimum Gasteiger partial charge on any atom is -0.493 e. The van der Waals surface area contributed by atoms with Gasteiger partial charge in [-0.25, -0.2) is 5.01 Å². The molecular weight excluding hydrogens is 478 g/mol. The molecule has 10 nitrogen and oxygen atoms in total. The number of anilines is 1. The second-order valence-corrected chi connectivity index (χ2v) is 7.90. The average molecular weight is 508 g/mol. The second-order valence-electron chi connectivity index (χ2n) is 7.90. The van der Waals surface area contributed by atoms with E-state index in [2.05, 4.69) is 10.4 Å². The number of para-hydroxylation sites is 1. The summed E-state index contributed by atoms with van der Waals surface area (Å²) >= 11 is 0. The summed E-state index contributed by atoms with van der Waals surface area (Å²) < 4.78 is 32.8. The minimum absolute atomic E-state index is 0.281. The fraction of sp³-hybridized carbons (Fsp3) is 0.259. The molecule has 1 aliphatic rings. The van der Waals surface area contributed by atoms with Crippen molar-refractivity contribution in [2.24, 2.45) is 5.10 Å². The van der Waals surface area contributed by atoms with Gasteiger partial charge >= 0.3 is 0 Å². The van der Waals surface area contributed by atoms with Crippen LogP contribution in [-0.2, 0) is 0 Å². The number of nitrogens with one attached hydrogen (secondary N) is 1. The van der Waals surface area contributed by atoms with Crippen LogP contribution in [0.15, 0.2) is 53.6 Å². The molecule has 0 saturated heterocycles. The van der Waals surface area contributed by atoms with Gasteiger partial charge in [-0.15, -0.1) is 0 Å². The average Bonchev–Trinajstić information content (AvgIpc) is 2.94. The Hall–Kier alpha value is -4.60. The van der Waals surface area contributed by atoms with Gasteiger partial charge in [-0.2, -0.15) is 5.10 Å². The summed E-state index contributed by atoms with van der Waals surface area (Å²) in [6.45, 7) is 0. The lowest BCUT2D eigenvalue weighted by atomic mass is 10.0. The first kappa shape index (κ1) is 25.5. The van der Waals surface area contributed by atoms with Gasteiger partial charge in [0.05, 0.1) is 54.4 Å². The maximum absolute atomic E-state index is 13.6. The number of carbonyl (C=O) groups excluding carboxylic acids is 1. The lowest BCUT2D eigenvalue weighted by molar-refractivity contribution is 0.0691. The SMILES string of the molecule is COc1cc(/C=N/N2C(=O)c3ccccc3NC2c2cc(OC)c(OC)c(OC)c2)cc(OC)c1OC. The van der Waals surface area contributed by atoms with Crippen molar-refractivity contribution in [2.75, 3.05) is 48.0 Å². The number of hydrazone groups is 1. The number of rotatable bonds is 9. The van der Waals surface area contributed by atoms with Gasteiger partial charge in [0.25, 0.3) is 5.91 Å². The smallest absolute Gasteiger partial charge is 0.278 e. The van der Waals surface area contributed by atoms with Crippen molar-refractivity contribution in [3.8, 4) is 34.5 Å². The summed E-state index contributed by atoms with van der Waals surface area (Å²) in [5.41, 5.74) is 2.50. The van der Waals surface area contributed by atoms with E-state index in [-0.39, 0.29) is 5.91 Å². The molecule has 1 aliphatic heterocycles. The van der Waals surface area contributed by atoms with Gasteiger partial charge in [0.1, 0.15) is 0 Å². The van der Waals surface area contributed by atoms with Gasteiger partial charge in [-0.05, 0) is 36.4 Å². The van der Waals surface area contributed by atoms with Gasteiger partial charge in [-0.3, -0.25) is 4.79 Å². The van der Waals surface area contributed by atoms with Crippen molar-refractivity contribution in [2.45, 2.75) is 6.17 Å². The van der Waals surface area contributed by atoms with E-state index < -0.39 is 6.17 Å². The Morgan fingerprint density at radius 1 is 0.757 bits per heavy atom. The molecule has 37 heavy (non-hydrogen) atoms. The predicted octanol–water partition coefficient (Wildman–Crippen LogP) is 4.34. The van der Waals surface area contributed by atoms with E-state index in [1.807, 2.05) is 12.1 Å². The summed E-state index contributed by atoms with van der Waals surface area (Å²) in [4.78, 5) is 13.6. The zero-order valence-electron chi connectivity index (χ0n) is 21.5. The van der Waals surface area contributed by atoms with Crippen LogP contribution in [0.3, 0.4) is 0 Å². The summed E-state index contributed by atoms with van der Waals surface area (Å²) in [6, 6.07) is 14.3. The van der Waals surface area contributed by atoms with Crippen LogP contribution in [0.1, 0.15) is 27.7 Å². The van der Waals surface area contributed by atoms with Crippen molar-refractivity contribution in [1.82, 2.24) is 5.01 Å². The Morgan fingerprint density at radius 3 is 1.78 bits per heavy atom. The van der Waals surface area contributed by atoms with Crippen LogP contribution in [0.4, 0.5) is 5.69 Å². The summed E-state index contributed by atoms with van der Waals surface area (Å²) in [5.74, 6) is 2.48. The molecule has 1 unspecified atom stereocenters. The number of methoxy groups -OCH3 is 6. The Morgan fingerprint density at radius 2 is 1.27 bits per heavy atom. The van der Waals surface area contributed by atoms with E-state index in [1.54, 1.807) is 42.6 Å². The highest BCUT2D eigenvalue weighted by Crippen LogP contribution is 2.43. The van der Waals surface area contributed by atoms with Crippen LogP contribution < -0.4 is 33.7 Å². The lowest BCUT2D eigenvalue weighted by Crippen LogP contribution is -2.39. The normalized spacial score (nSPS) is 14.6. The molecule has 10 heteroatoms. The summed E-state index contributed by atoms with van der Waals surface area (Å²) in [6.07, 6.45) is 0.887. The minimum atomic E-state index is -0.672. The van der Waals surface area contributed by atoms with Crippen molar-refractivity contribution in [3.05, 3.63) is 65.2 Å². The third-order valence-electron chi connectivity index (χ3n) is 5.92. The molecule has 0 aromatic heterocycles. The van der Waals surface area contributed by atoms with Crippen LogP contribution >= 0.6 is 0 Å². The van der Waals surface area contributed by atoms with E-state index in [9.17, 15) is 4.79 Å². The maximum Gasteiger partial charge on any atom is 0.278 e. The second kappa shape index (κ2) is 11.0. The molecular formula is C27H29N3O7. The first-order valence-electron chi connectivity index (χ1n) is 11.3. The molecule has 0 radical (unpaired) electrons. The Balaban J connectivity index is 1.82. The number of fused-ring (bicyclic) bond motifs is 1. The third kappa shape index (κ3) is 4.77. The predicted molar refractivity (Wildman–Crippen MR) is 139 cm³/mol. The summed E-state index contributed by atoms with van der Waals surface area (Å²) in [7, 11) is 9.21. The van der Waals surface area contributed by atoms with Gasteiger partial charge in [-0.1, -0.05) is 12.1 Å². The number of benzene rings is 3. The molecule has 4 rings (SSSR count). The van der Waals surface area contributed by atoms with Crippen molar-refractivity contribution in [3.63, 3.8) is 0 Å². The molecule has 0 spiro atoms. The number of nitrogens with zero attached hydrogens (tertiary/aromatic N) is 2. The fourth-order valence-electron chi connectivity index (χ4n) is 4.15. The molecule has 0 aliphatic carbocycles. The van der Waals surface area contributed by atoms with Crippen molar-refractivity contribution in [1.29, 1.82) is 0 Å². The fourth-order valence-corrected chi connectivity index (χ4v) is 4.15. The molecule has 0 saturated carbocycles. The molecule has 1 atom stereocenters. The Labute approximate surface area is 215 Å². The number of ether oxygens (including phenoxy) is 6. The quantitative estimate of drug-likeness (QED) is 0.427. The van der Waals surface area contributed by atoms with Crippen molar-refractivity contribution >= 4 is 17.8 Å². The van der Waals surface area contributed by atoms with E-state index in [0.717, 1.165) is 0 Å². The van der Waals surface area contributed by atoms with Crippen LogP contribution in [-0.4, -0.2) is 59.8 Å². The Bertz CT molecular complexity index is 1280. The highest BCUT2D eigenvalue weighted by atomic mass is 16.5. The van der Waals surface area contributed by atoms with E-state index >= 15 is 0 Å². The molecule has 1 N–H and O–H groups in total. The van der Waals surface area contributed by atoms with E-state index in [1.165, 1.54) is 47.7 Å². The van der Waals surface area contributed by atoms with Gasteiger partial charge in [0, 0.05) is 16.8 Å². The zero-order valence-corrected chi connectivity index (χ0v) is 21.5. The third-order valence-corrected chi connectivity index (χ3v) is 5.92. The number of hydrogen-bond donors (Lipinski definition) is 1. The molecule has 1 heterocycles. The molecule has 194 valence electrons. The van der Waals surface area contributed by atoms with Crippen LogP contribution in [0.5, 0.6) is 34.5 Å². The number of hydrogen-bond acceptors (Lipinski definition) is 9. The van der Waals surface area contributed by atoms with Gasteiger partial charge < -0.3 is 33.7 Å². The lowest BCUT2D eigenvalue weighted by Gasteiger charge is -2.35. The highest BCUT2D eigenvalue weighted by Gasteiger charge is 2.34. The van der Waals surface area contributed by atoms with E-state index in [4.69, 9.17) is 28.4 Å².